The number of aliphatic carboxylic acids is 2. The topological polar surface area (TPSA) is 316 Å². The molecule has 0 saturated heterocycles. The zero-order chi connectivity index (χ0) is 46.4. The van der Waals surface area contributed by atoms with E-state index in [2.05, 4.69) is 21.3 Å². The number of carboxylic acids is 2. The number of unbranched alkanes of at least 4 members (excludes halogenated alkanes) is 13. The Balaban J connectivity index is 4.05. The number of amides is 5. The summed E-state index contributed by atoms with van der Waals surface area (Å²) >= 11 is 0. The van der Waals surface area contributed by atoms with Crippen LogP contribution in [0.15, 0.2) is 0 Å². The molecule has 0 aromatic heterocycles. The van der Waals surface area contributed by atoms with Crippen LogP contribution >= 0.6 is 21.6 Å². The van der Waals surface area contributed by atoms with Gasteiger partial charge in [0.05, 0.1) is 32.5 Å². The summed E-state index contributed by atoms with van der Waals surface area (Å²) in [5.74, 6) is -4.76. The van der Waals surface area contributed by atoms with Crippen molar-refractivity contribution in [1.82, 2.24) is 21.3 Å². The lowest BCUT2D eigenvalue weighted by Gasteiger charge is -2.20. The van der Waals surface area contributed by atoms with Gasteiger partial charge in [-0.2, -0.15) is 0 Å². The molecule has 0 fully saturated rings. The number of ketones is 1. The third kappa shape index (κ3) is 34.0. The molecule has 0 aliphatic rings. The minimum Gasteiger partial charge on any atom is -0.481 e. The molecule has 0 rings (SSSR count). The zero-order valence-corrected chi connectivity index (χ0v) is 38.1. The van der Waals surface area contributed by atoms with Crippen LogP contribution in [0.4, 0.5) is 0 Å². The van der Waals surface area contributed by atoms with E-state index in [0.29, 0.717) is 25.0 Å². The number of ether oxygens (including phenoxy) is 2. The van der Waals surface area contributed by atoms with Crippen molar-refractivity contribution >= 4 is 68.8 Å². The summed E-state index contributed by atoms with van der Waals surface area (Å²) in [5, 5.41) is 37.6. The number of aliphatic hydroxyl groups is 1. The largest absolute Gasteiger partial charge is 0.481 e. The van der Waals surface area contributed by atoms with E-state index < -0.39 is 72.9 Å². The predicted octanol–water partition coefficient (Wildman–Crippen LogP) is 2.34. The molecule has 358 valence electrons. The fourth-order valence-corrected chi connectivity index (χ4v) is 8.21. The maximum atomic E-state index is 12.6. The van der Waals surface area contributed by atoms with Crippen LogP contribution in [-0.4, -0.2) is 138 Å². The summed E-state index contributed by atoms with van der Waals surface area (Å²) in [7, 11) is 2.45. The Kier molecular flexibility index (Phi) is 36.9. The lowest BCUT2D eigenvalue weighted by molar-refractivity contribution is -0.142. The van der Waals surface area contributed by atoms with E-state index in [1.54, 1.807) is 0 Å². The highest BCUT2D eigenvalue weighted by Crippen LogP contribution is 2.23. The van der Waals surface area contributed by atoms with Crippen molar-refractivity contribution in [2.45, 2.75) is 160 Å². The number of rotatable bonds is 43. The van der Waals surface area contributed by atoms with E-state index in [9.17, 15) is 48.6 Å². The standard InChI is InChI=1S/C41H74N6O13S2/c1-2-17-34(49)30(42)28-61-62-29-33(39(43)55)47-40(56)32(26-48)46-37(52)27-60-25-24-59-23-22-44-35(50)21-20-31(41(57)58)45-36(51)18-15-13-11-9-7-5-3-4-6-8-10-12-14-16-19-38(53)54/h30-33,48H,2-29,42H2,1H3,(H2,43,55)(H,44,50)(H,45,51)(H,46,52)(H,47,56)(H,53,54)(H,57,58)/t30-,31-,32-,33-/m0/s1. The van der Waals surface area contributed by atoms with E-state index in [1.807, 2.05) is 6.92 Å². The van der Waals surface area contributed by atoms with Crippen molar-refractivity contribution in [3.63, 3.8) is 0 Å². The molecular formula is C41H74N6O13S2. The Hall–Kier alpha value is -3.50. The number of carboxylic acid groups (broad SMARTS) is 2. The summed E-state index contributed by atoms with van der Waals surface area (Å²) in [5.41, 5.74) is 11.2. The van der Waals surface area contributed by atoms with Crippen LogP contribution in [0.3, 0.4) is 0 Å². The van der Waals surface area contributed by atoms with Crippen LogP contribution in [0.5, 0.6) is 0 Å². The number of carbonyl (C=O) groups is 8. The van der Waals surface area contributed by atoms with Crippen LogP contribution in [0.2, 0.25) is 0 Å². The number of Topliss-reactive ketones (excluding diaryl/α,β-unsaturated/α-hetero) is 1. The second-order valence-electron chi connectivity index (χ2n) is 15.0. The number of aliphatic hydroxyl groups excluding tert-OH is 1. The highest BCUT2D eigenvalue weighted by molar-refractivity contribution is 8.76. The van der Waals surface area contributed by atoms with E-state index in [0.717, 1.165) is 51.4 Å². The van der Waals surface area contributed by atoms with Gasteiger partial charge in [0.2, 0.25) is 29.5 Å². The summed E-state index contributed by atoms with van der Waals surface area (Å²) in [6, 6.07) is -4.32. The maximum Gasteiger partial charge on any atom is 0.326 e. The molecule has 0 heterocycles. The molecule has 11 N–H and O–H groups in total. The fourth-order valence-electron chi connectivity index (χ4n) is 5.88. The molecule has 0 aliphatic heterocycles. The minimum absolute atomic E-state index is 0.00766. The number of primary amides is 1. The van der Waals surface area contributed by atoms with E-state index in [-0.39, 0.29) is 69.5 Å². The van der Waals surface area contributed by atoms with Gasteiger partial charge in [0.1, 0.15) is 30.5 Å². The normalized spacial score (nSPS) is 13.0. The first-order valence-electron chi connectivity index (χ1n) is 21.9. The summed E-state index contributed by atoms with van der Waals surface area (Å²) in [6.07, 6.45) is 16.2. The van der Waals surface area contributed by atoms with Gasteiger partial charge in [-0.25, -0.2) is 4.79 Å². The van der Waals surface area contributed by atoms with Crippen LogP contribution in [0.1, 0.15) is 135 Å². The van der Waals surface area contributed by atoms with Crippen LogP contribution in [0.25, 0.3) is 0 Å². The van der Waals surface area contributed by atoms with Gasteiger partial charge < -0.3 is 57.5 Å². The van der Waals surface area contributed by atoms with Crippen molar-refractivity contribution in [2.75, 3.05) is 51.1 Å². The Morgan fingerprint density at radius 1 is 0.597 bits per heavy atom. The van der Waals surface area contributed by atoms with Crippen LogP contribution < -0.4 is 32.7 Å². The monoisotopic (exact) mass is 922 g/mol. The smallest absolute Gasteiger partial charge is 0.326 e. The Labute approximate surface area is 374 Å². The van der Waals surface area contributed by atoms with E-state index >= 15 is 0 Å². The molecule has 0 aromatic rings. The third-order valence-electron chi connectivity index (χ3n) is 9.48. The highest BCUT2D eigenvalue weighted by Gasteiger charge is 2.26. The van der Waals surface area contributed by atoms with Crippen molar-refractivity contribution in [3.05, 3.63) is 0 Å². The molecule has 21 heteroatoms. The summed E-state index contributed by atoms with van der Waals surface area (Å²) in [4.78, 5) is 95.4. The maximum absolute atomic E-state index is 12.6. The number of nitrogens with two attached hydrogens (primary N) is 2. The highest BCUT2D eigenvalue weighted by atomic mass is 33.1. The molecule has 19 nitrogen and oxygen atoms in total. The second kappa shape index (κ2) is 39.1. The first kappa shape index (κ1) is 58.5. The lowest BCUT2D eigenvalue weighted by Crippen LogP contribution is -2.55. The molecule has 0 saturated carbocycles. The lowest BCUT2D eigenvalue weighted by atomic mass is 10.0. The van der Waals surface area contributed by atoms with Gasteiger partial charge in [0.25, 0.3) is 0 Å². The van der Waals surface area contributed by atoms with Crippen molar-refractivity contribution in [1.29, 1.82) is 0 Å². The zero-order valence-electron chi connectivity index (χ0n) is 36.5. The Morgan fingerprint density at radius 2 is 1.13 bits per heavy atom. The number of hydrogen-bond donors (Lipinski definition) is 9. The molecule has 0 spiro atoms. The molecular weight excluding hydrogens is 849 g/mol. The van der Waals surface area contributed by atoms with E-state index in [1.165, 1.54) is 53.7 Å². The average Bonchev–Trinajstić information content (AvgIpc) is 3.22. The molecule has 4 atom stereocenters. The quantitative estimate of drug-likeness (QED) is 0.0313. The number of hydrogen-bond acceptors (Lipinski definition) is 14. The van der Waals surface area contributed by atoms with Crippen molar-refractivity contribution in [2.24, 2.45) is 11.5 Å². The molecule has 0 bridgehead atoms. The number of carbonyl (C=O) groups excluding carboxylic acids is 6. The first-order valence-corrected chi connectivity index (χ1v) is 24.4. The predicted molar refractivity (Wildman–Crippen MR) is 238 cm³/mol. The van der Waals surface area contributed by atoms with Crippen LogP contribution in [0, 0.1) is 0 Å². The molecule has 0 aromatic carbocycles. The van der Waals surface area contributed by atoms with Crippen LogP contribution in [-0.2, 0) is 47.8 Å². The second-order valence-corrected chi connectivity index (χ2v) is 17.6. The molecule has 62 heavy (non-hydrogen) atoms. The summed E-state index contributed by atoms with van der Waals surface area (Å²) in [6.45, 7) is 0.949. The van der Waals surface area contributed by atoms with Gasteiger partial charge in [0, 0.05) is 43.7 Å². The molecule has 0 unspecified atom stereocenters. The Morgan fingerprint density at radius 3 is 1.66 bits per heavy atom. The van der Waals surface area contributed by atoms with Gasteiger partial charge in [-0.3, -0.25) is 33.6 Å². The van der Waals surface area contributed by atoms with Gasteiger partial charge in [-0.15, -0.1) is 0 Å². The average molecular weight is 923 g/mol. The Bertz CT molecular complexity index is 1320. The van der Waals surface area contributed by atoms with Gasteiger partial charge in [-0.05, 0) is 25.7 Å². The molecule has 0 radical (unpaired) electrons. The molecule has 5 amide bonds. The van der Waals surface area contributed by atoms with E-state index in [4.69, 9.17) is 26.0 Å². The fraction of sp³-hybridized carbons (Fsp3) is 0.805. The van der Waals surface area contributed by atoms with Crippen molar-refractivity contribution in [3.8, 4) is 0 Å². The minimum atomic E-state index is -1.38. The molecule has 0 aliphatic carbocycles. The van der Waals surface area contributed by atoms with Gasteiger partial charge >= 0.3 is 11.9 Å². The van der Waals surface area contributed by atoms with Gasteiger partial charge in [0.15, 0.2) is 0 Å². The van der Waals surface area contributed by atoms with Gasteiger partial charge in [-0.1, -0.05) is 106 Å². The SMILES string of the molecule is CCCC(=O)[C@@H](N)CSSC[C@H](NC(=O)[C@H](CO)NC(=O)COCCOCCNC(=O)CC[C@H](NC(=O)CCCCCCCCCCCCCCCCC(=O)O)C(=O)O)C(N)=O. The third-order valence-corrected chi connectivity index (χ3v) is 11.9. The summed E-state index contributed by atoms with van der Waals surface area (Å²) < 4.78 is 10.6. The number of nitrogens with one attached hydrogen (secondary N) is 4. The van der Waals surface area contributed by atoms with Crippen molar-refractivity contribution < 1.29 is 63.1 Å². The first-order chi connectivity index (χ1) is 29.7.